The van der Waals surface area contributed by atoms with Gasteiger partial charge >= 0.3 is 5.97 Å². The summed E-state index contributed by atoms with van der Waals surface area (Å²) in [4.78, 5) is 18.7. The van der Waals surface area contributed by atoms with E-state index >= 15 is 0 Å². The summed E-state index contributed by atoms with van der Waals surface area (Å²) < 4.78 is 0. The second-order valence-electron chi connectivity index (χ2n) is 3.03. The van der Waals surface area contributed by atoms with Crippen molar-refractivity contribution in [3.63, 3.8) is 0 Å². The Morgan fingerprint density at radius 2 is 2.19 bits per heavy atom. The summed E-state index contributed by atoms with van der Waals surface area (Å²) in [5.41, 5.74) is 0.775. The lowest BCUT2D eigenvalue weighted by molar-refractivity contribution is -0.140. The predicted octanol–water partition coefficient (Wildman–Crippen LogP) is -0.266. The average molecular weight is 243 g/mol. The van der Waals surface area contributed by atoms with Crippen molar-refractivity contribution in [2.45, 2.75) is 17.7 Å². The van der Waals surface area contributed by atoms with Gasteiger partial charge in [0.15, 0.2) is 5.16 Å². The number of carbonyl (C=O) groups is 1. The van der Waals surface area contributed by atoms with E-state index in [9.17, 15) is 4.79 Å². The van der Waals surface area contributed by atoms with Crippen LogP contribution in [0.2, 0.25) is 0 Å². The molecule has 0 unspecified atom stereocenters. The Balaban J connectivity index is 2.50. The number of nitrogens with zero attached hydrogens (tertiary/aromatic N) is 2. The Morgan fingerprint density at radius 3 is 2.62 bits per heavy atom. The highest BCUT2D eigenvalue weighted by Gasteiger charge is 2.14. The van der Waals surface area contributed by atoms with Gasteiger partial charge in [-0.25, -0.2) is 9.97 Å². The molecule has 0 spiro atoms. The number of hydrogen-bond acceptors (Lipinski definition) is 6. The maximum absolute atomic E-state index is 10.6. The van der Waals surface area contributed by atoms with Crippen molar-refractivity contribution >= 4 is 17.7 Å². The van der Waals surface area contributed by atoms with Crippen molar-refractivity contribution in [1.82, 2.24) is 15.3 Å². The van der Waals surface area contributed by atoms with E-state index in [-0.39, 0.29) is 0 Å². The fraction of sp³-hybridized carbons (Fsp3) is 0.444. The molecule has 88 valence electrons. The third-order valence-electron chi connectivity index (χ3n) is 1.90. The second kappa shape index (κ2) is 6.41. The largest absolute Gasteiger partial charge is 0.480 e. The molecule has 7 heteroatoms. The molecule has 0 saturated heterocycles. The third-order valence-corrected chi connectivity index (χ3v) is 2.47. The summed E-state index contributed by atoms with van der Waals surface area (Å²) in [6, 6.07) is -0.958. The molecule has 1 atom stereocenters. The number of thioether (sulfide) groups is 1. The Bertz CT molecular complexity index is 344. The van der Waals surface area contributed by atoms with Gasteiger partial charge in [0.05, 0.1) is 6.61 Å². The van der Waals surface area contributed by atoms with Crippen LogP contribution in [-0.2, 0) is 11.3 Å². The molecule has 0 radical (unpaired) electrons. The molecule has 0 amide bonds. The number of aliphatic hydroxyl groups excluding tert-OH is 1. The van der Waals surface area contributed by atoms with E-state index in [0.29, 0.717) is 11.7 Å². The monoisotopic (exact) mass is 243 g/mol. The van der Waals surface area contributed by atoms with Gasteiger partial charge in [0.2, 0.25) is 0 Å². The fourth-order valence-electron chi connectivity index (χ4n) is 1.01. The van der Waals surface area contributed by atoms with Gasteiger partial charge < -0.3 is 10.2 Å². The van der Waals surface area contributed by atoms with E-state index in [4.69, 9.17) is 10.2 Å². The maximum Gasteiger partial charge on any atom is 0.323 e. The van der Waals surface area contributed by atoms with Crippen LogP contribution < -0.4 is 5.32 Å². The summed E-state index contributed by atoms with van der Waals surface area (Å²) in [6.07, 6.45) is 5.13. The van der Waals surface area contributed by atoms with Crippen LogP contribution in [0.15, 0.2) is 17.6 Å². The van der Waals surface area contributed by atoms with Gasteiger partial charge in [-0.3, -0.25) is 10.1 Å². The SMILES string of the molecule is CSc1ncc(CN[C@H](CO)C(=O)O)cn1. The summed E-state index contributed by atoms with van der Waals surface area (Å²) in [5, 5.41) is 20.8. The number of aromatic nitrogens is 2. The molecule has 0 aliphatic carbocycles. The van der Waals surface area contributed by atoms with E-state index in [1.807, 2.05) is 6.26 Å². The summed E-state index contributed by atoms with van der Waals surface area (Å²) in [7, 11) is 0. The molecule has 1 rings (SSSR count). The first-order chi connectivity index (χ1) is 7.67. The van der Waals surface area contributed by atoms with Crippen LogP contribution in [0.1, 0.15) is 5.56 Å². The van der Waals surface area contributed by atoms with Crippen LogP contribution in [0.3, 0.4) is 0 Å². The minimum Gasteiger partial charge on any atom is -0.480 e. The number of nitrogens with one attached hydrogen (secondary N) is 1. The van der Waals surface area contributed by atoms with Crippen LogP contribution in [0.4, 0.5) is 0 Å². The quantitative estimate of drug-likeness (QED) is 0.467. The van der Waals surface area contributed by atoms with Gasteiger partial charge in [-0.2, -0.15) is 0 Å². The van der Waals surface area contributed by atoms with E-state index in [1.165, 1.54) is 11.8 Å². The van der Waals surface area contributed by atoms with Crippen molar-refractivity contribution in [1.29, 1.82) is 0 Å². The molecule has 0 bridgehead atoms. The number of aliphatic carboxylic acids is 1. The molecule has 6 nitrogen and oxygen atoms in total. The van der Waals surface area contributed by atoms with Crippen molar-refractivity contribution in [3.05, 3.63) is 18.0 Å². The first-order valence-electron chi connectivity index (χ1n) is 4.59. The molecule has 16 heavy (non-hydrogen) atoms. The highest BCUT2D eigenvalue weighted by molar-refractivity contribution is 7.98. The Hall–Kier alpha value is -1.18. The Morgan fingerprint density at radius 1 is 1.56 bits per heavy atom. The minimum atomic E-state index is -1.08. The first kappa shape index (κ1) is 12.9. The molecule has 3 N–H and O–H groups in total. The van der Waals surface area contributed by atoms with Gasteiger partial charge in [-0.1, -0.05) is 11.8 Å². The molecule has 0 saturated carbocycles. The van der Waals surface area contributed by atoms with Crippen molar-refractivity contribution in [3.8, 4) is 0 Å². The molecule has 1 aromatic rings. The highest BCUT2D eigenvalue weighted by atomic mass is 32.2. The molecule has 0 aromatic carbocycles. The van der Waals surface area contributed by atoms with Crippen LogP contribution in [0.25, 0.3) is 0 Å². The molecular formula is C9H13N3O3S. The molecule has 0 aliphatic rings. The lowest BCUT2D eigenvalue weighted by Gasteiger charge is -2.10. The molecular weight excluding hydrogens is 230 g/mol. The minimum absolute atomic E-state index is 0.312. The number of aliphatic hydroxyl groups is 1. The Kier molecular flexibility index (Phi) is 5.17. The zero-order valence-corrected chi connectivity index (χ0v) is 9.57. The van der Waals surface area contributed by atoms with Gasteiger partial charge in [-0.05, 0) is 6.26 Å². The zero-order chi connectivity index (χ0) is 12.0. The number of rotatable bonds is 6. The van der Waals surface area contributed by atoms with Crippen molar-refractivity contribution < 1.29 is 15.0 Å². The summed E-state index contributed by atoms with van der Waals surface area (Å²) in [6.45, 7) is -0.134. The molecule has 0 fully saturated rings. The zero-order valence-electron chi connectivity index (χ0n) is 8.75. The van der Waals surface area contributed by atoms with Crippen LogP contribution in [-0.4, -0.2) is 45.1 Å². The highest BCUT2D eigenvalue weighted by Crippen LogP contribution is 2.06. The third kappa shape index (κ3) is 3.76. The summed E-state index contributed by atoms with van der Waals surface area (Å²) in [5.74, 6) is -1.08. The molecule has 1 aromatic heterocycles. The van der Waals surface area contributed by atoms with Crippen LogP contribution in [0, 0.1) is 0 Å². The lowest BCUT2D eigenvalue weighted by atomic mass is 10.3. The maximum atomic E-state index is 10.6. The van der Waals surface area contributed by atoms with Crippen molar-refractivity contribution in [2.24, 2.45) is 0 Å². The molecule has 0 aliphatic heterocycles. The normalized spacial score (nSPS) is 12.4. The predicted molar refractivity (Wildman–Crippen MR) is 59.2 cm³/mol. The van der Waals surface area contributed by atoms with E-state index < -0.39 is 18.6 Å². The fourth-order valence-corrected chi connectivity index (χ4v) is 1.33. The second-order valence-corrected chi connectivity index (χ2v) is 3.81. The van der Waals surface area contributed by atoms with Crippen LogP contribution in [0.5, 0.6) is 0 Å². The molecule has 1 heterocycles. The smallest absolute Gasteiger partial charge is 0.323 e. The van der Waals surface area contributed by atoms with Gasteiger partial charge in [0, 0.05) is 24.5 Å². The van der Waals surface area contributed by atoms with E-state index in [0.717, 1.165) is 5.56 Å². The number of carboxylic acids is 1. The van der Waals surface area contributed by atoms with E-state index in [2.05, 4.69) is 15.3 Å². The first-order valence-corrected chi connectivity index (χ1v) is 5.81. The van der Waals surface area contributed by atoms with Gasteiger partial charge in [0.25, 0.3) is 0 Å². The van der Waals surface area contributed by atoms with Crippen molar-refractivity contribution in [2.75, 3.05) is 12.9 Å². The summed E-state index contributed by atoms with van der Waals surface area (Å²) >= 11 is 1.43. The van der Waals surface area contributed by atoms with E-state index in [1.54, 1.807) is 12.4 Å². The Labute approximate surface area is 97.1 Å². The number of carboxylic acid groups (broad SMARTS) is 1. The standard InChI is InChI=1S/C9H13N3O3S/c1-16-9-11-3-6(4-12-9)2-10-7(5-13)8(14)15/h3-4,7,10,13H,2,5H2,1H3,(H,14,15)/t7-/m1/s1. The lowest BCUT2D eigenvalue weighted by Crippen LogP contribution is -2.39. The van der Waals surface area contributed by atoms with Crippen LogP contribution >= 0.6 is 11.8 Å². The van der Waals surface area contributed by atoms with Gasteiger partial charge in [-0.15, -0.1) is 0 Å². The topological polar surface area (TPSA) is 95.3 Å². The number of hydrogen-bond donors (Lipinski definition) is 3. The van der Waals surface area contributed by atoms with Gasteiger partial charge in [0.1, 0.15) is 6.04 Å². The average Bonchev–Trinajstić information content (AvgIpc) is 2.30.